The Bertz CT molecular complexity index is 166. The molecule has 1 saturated heterocycles. The highest BCUT2D eigenvalue weighted by Gasteiger charge is 2.37. The lowest BCUT2D eigenvalue weighted by Crippen LogP contribution is -2.57. The lowest BCUT2D eigenvalue weighted by molar-refractivity contribution is 0.171. The van der Waals surface area contributed by atoms with Gasteiger partial charge in [-0.05, 0) is 25.2 Å². The molecule has 2 rings (SSSR count). The summed E-state index contributed by atoms with van der Waals surface area (Å²) >= 11 is 0. The van der Waals surface area contributed by atoms with Crippen LogP contribution in [-0.2, 0) is 4.74 Å². The molecule has 2 unspecified atom stereocenters. The number of ether oxygens (including phenoxy) is 1. The summed E-state index contributed by atoms with van der Waals surface area (Å²) in [5, 5.41) is 0. The minimum atomic E-state index is -0.412. The van der Waals surface area contributed by atoms with Gasteiger partial charge in [-0.25, -0.2) is 0 Å². The highest BCUT2D eigenvalue weighted by molar-refractivity contribution is 4.91. The number of hydrogen-bond donors (Lipinski definition) is 2. The van der Waals surface area contributed by atoms with Gasteiger partial charge in [-0.15, -0.1) is 0 Å². The molecule has 70 valence electrons. The van der Waals surface area contributed by atoms with E-state index in [1.165, 1.54) is 19.3 Å². The second-order valence-electron chi connectivity index (χ2n) is 4.25. The molecule has 0 aromatic carbocycles. The Balaban J connectivity index is 1.90. The Morgan fingerprint density at radius 2 is 2.08 bits per heavy atom. The Hall–Kier alpha value is -0.120. The lowest BCUT2D eigenvalue weighted by Gasteiger charge is -2.37. The summed E-state index contributed by atoms with van der Waals surface area (Å²) in [6.07, 6.45) is 6.19. The maximum absolute atomic E-state index is 6.02. The van der Waals surface area contributed by atoms with Crippen molar-refractivity contribution in [2.45, 2.75) is 43.9 Å². The van der Waals surface area contributed by atoms with E-state index in [0.717, 1.165) is 19.4 Å². The van der Waals surface area contributed by atoms with Crippen LogP contribution in [0.3, 0.4) is 0 Å². The molecule has 0 aromatic heterocycles. The molecule has 4 N–H and O–H groups in total. The summed E-state index contributed by atoms with van der Waals surface area (Å²) in [5.41, 5.74) is 11.6. The van der Waals surface area contributed by atoms with Crippen molar-refractivity contribution in [1.29, 1.82) is 0 Å². The van der Waals surface area contributed by atoms with E-state index in [9.17, 15) is 0 Å². The fourth-order valence-corrected chi connectivity index (χ4v) is 2.15. The molecule has 2 aliphatic rings. The van der Waals surface area contributed by atoms with Gasteiger partial charge in [0.2, 0.25) is 0 Å². The molecule has 3 nitrogen and oxygen atoms in total. The Labute approximate surface area is 73.4 Å². The molecule has 0 bridgehead atoms. The van der Waals surface area contributed by atoms with Crippen molar-refractivity contribution in [3.63, 3.8) is 0 Å². The Morgan fingerprint density at radius 3 is 2.67 bits per heavy atom. The van der Waals surface area contributed by atoms with Gasteiger partial charge in [0, 0.05) is 0 Å². The van der Waals surface area contributed by atoms with Crippen LogP contribution in [0.4, 0.5) is 0 Å². The minimum absolute atomic E-state index is 0.412. The molecular formula is C9H18N2O. The van der Waals surface area contributed by atoms with Crippen LogP contribution >= 0.6 is 0 Å². The van der Waals surface area contributed by atoms with Crippen molar-refractivity contribution >= 4 is 0 Å². The predicted molar refractivity (Wildman–Crippen MR) is 47.4 cm³/mol. The molecule has 3 heteroatoms. The summed E-state index contributed by atoms with van der Waals surface area (Å²) in [7, 11) is 0. The van der Waals surface area contributed by atoms with Crippen LogP contribution in [0.5, 0.6) is 0 Å². The van der Waals surface area contributed by atoms with E-state index in [1.54, 1.807) is 0 Å². The first-order valence-electron chi connectivity index (χ1n) is 4.88. The summed E-state index contributed by atoms with van der Waals surface area (Å²) in [5.74, 6) is 0.485. The monoisotopic (exact) mass is 170 g/mol. The molecule has 0 amide bonds. The van der Waals surface area contributed by atoms with Gasteiger partial charge in [-0.2, -0.15) is 0 Å². The second kappa shape index (κ2) is 2.98. The molecular weight excluding hydrogens is 152 g/mol. The Morgan fingerprint density at radius 1 is 1.33 bits per heavy atom. The van der Waals surface area contributed by atoms with Crippen LogP contribution in [0.15, 0.2) is 0 Å². The minimum Gasteiger partial charge on any atom is -0.373 e. The Kier molecular flexibility index (Phi) is 2.10. The van der Waals surface area contributed by atoms with Crippen molar-refractivity contribution in [2.75, 3.05) is 6.61 Å². The van der Waals surface area contributed by atoms with Gasteiger partial charge < -0.3 is 16.2 Å². The van der Waals surface area contributed by atoms with E-state index in [2.05, 4.69) is 0 Å². The maximum Gasteiger partial charge on any atom is 0.0813 e. The van der Waals surface area contributed by atoms with Crippen LogP contribution in [0.1, 0.15) is 32.1 Å². The van der Waals surface area contributed by atoms with Crippen molar-refractivity contribution < 1.29 is 4.74 Å². The summed E-state index contributed by atoms with van der Waals surface area (Å²) in [6, 6.07) is 0. The van der Waals surface area contributed by atoms with Crippen molar-refractivity contribution in [2.24, 2.45) is 17.4 Å². The van der Waals surface area contributed by atoms with Gasteiger partial charge in [0.05, 0.1) is 18.4 Å². The zero-order chi connectivity index (χ0) is 8.60. The summed E-state index contributed by atoms with van der Waals surface area (Å²) < 4.78 is 5.19. The number of hydrogen-bond acceptors (Lipinski definition) is 3. The maximum atomic E-state index is 6.02. The van der Waals surface area contributed by atoms with E-state index < -0.39 is 5.66 Å². The van der Waals surface area contributed by atoms with Crippen LogP contribution in [0.25, 0.3) is 0 Å². The van der Waals surface area contributed by atoms with E-state index in [4.69, 9.17) is 16.2 Å². The van der Waals surface area contributed by atoms with Gasteiger partial charge in [0.25, 0.3) is 0 Å². The zero-order valence-electron chi connectivity index (χ0n) is 7.46. The van der Waals surface area contributed by atoms with Gasteiger partial charge >= 0.3 is 0 Å². The first-order valence-corrected chi connectivity index (χ1v) is 4.88. The quantitative estimate of drug-likeness (QED) is 0.470. The molecule has 1 aliphatic carbocycles. The SMILES string of the molecule is NC1(N)CCCCC1CC1CO1. The van der Waals surface area contributed by atoms with Gasteiger partial charge in [0.15, 0.2) is 0 Å². The second-order valence-corrected chi connectivity index (χ2v) is 4.25. The highest BCUT2D eigenvalue weighted by Crippen LogP contribution is 2.34. The summed E-state index contributed by atoms with van der Waals surface area (Å²) in [4.78, 5) is 0. The van der Waals surface area contributed by atoms with E-state index in [1.807, 2.05) is 0 Å². The molecule has 0 radical (unpaired) electrons. The summed E-state index contributed by atoms with van der Waals surface area (Å²) in [6.45, 7) is 0.923. The molecule has 1 aliphatic heterocycles. The first kappa shape index (κ1) is 8.48. The molecule has 1 heterocycles. The third kappa shape index (κ3) is 1.79. The fraction of sp³-hybridized carbons (Fsp3) is 1.00. The first-order chi connectivity index (χ1) is 5.68. The van der Waals surface area contributed by atoms with Crippen LogP contribution < -0.4 is 11.5 Å². The smallest absolute Gasteiger partial charge is 0.0813 e. The normalized spacial score (nSPS) is 39.5. The average Bonchev–Trinajstić information content (AvgIpc) is 2.77. The van der Waals surface area contributed by atoms with Crippen molar-refractivity contribution in [3.05, 3.63) is 0 Å². The molecule has 1 saturated carbocycles. The predicted octanol–water partition coefficient (Wildman–Crippen LogP) is 0.579. The highest BCUT2D eigenvalue weighted by atomic mass is 16.6. The fourth-order valence-electron chi connectivity index (χ4n) is 2.15. The third-order valence-electron chi connectivity index (χ3n) is 3.12. The molecule has 12 heavy (non-hydrogen) atoms. The van der Waals surface area contributed by atoms with Crippen LogP contribution in [-0.4, -0.2) is 18.4 Å². The topological polar surface area (TPSA) is 64.6 Å². The average molecular weight is 170 g/mol. The number of epoxide rings is 1. The van der Waals surface area contributed by atoms with E-state index >= 15 is 0 Å². The van der Waals surface area contributed by atoms with E-state index in [0.29, 0.717) is 12.0 Å². The third-order valence-corrected chi connectivity index (χ3v) is 3.12. The van der Waals surface area contributed by atoms with Crippen molar-refractivity contribution in [3.8, 4) is 0 Å². The molecule has 2 fully saturated rings. The largest absolute Gasteiger partial charge is 0.373 e. The number of rotatable bonds is 2. The van der Waals surface area contributed by atoms with Gasteiger partial charge in [0.1, 0.15) is 0 Å². The lowest BCUT2D eigenvalue weighted by atomic mass is 9.77. The molecule has 2 atom stereocenters. The van der Waals surface area contributed by atoms with Gasteiger partial charge in [-0.1, -0.05) is 12.8 Å². The zero-order valence-corrected chi connectivity index (χ0v) is 7.46. The molecule has 0 spiro atoms. The van der Waals surface area contributed by atoms with E-state index in [-0.39, 0.29) is 0 Å². The van der Waals surface area contributed by atoms with Crippen LogP contribution in [0.2, 0.25) is 0 Å². The van der Waals surface area contributed by atoms with Crippen LogP contribution in [0, 0.1) is 5.92 Å². The standard InChI is InChI=1S/C9H18N2O/c10-9(11)4-2-1-3-7(9)5-8-6-12-8/h7-8H,1-6,10-11H2. The molecule has 0 aromatic rings. The van der Waals surface area contributed by atoms with Crippen molar-refractivity contribution in [1.82, 2.24) is 0 Å². The number of nitrogens with two attached hydrogens (primary N) is 2. The van der Waals surface area contributed by atoms with Gasteiger partial charge in [-0.3, -0.25) is 0 Å².